The largest absolute Gasteiger partial charge is 0.493 e. The third-order valence-electron chi connectivity index (χ3n) is 5.59. The van der Waals surface area contributed by atoms with Gasteiger partial charge in [-0.3, -0.25) is 9.59 Å². The van der Waals surface area contributed by atoms with Crippen molar-refractivity contribution in [2.45, 2.75) is 5.60 Å². The summed E-state index contributed by atoms with van der Waals surface area (Å²) in [6.07, 6.45) is 1.41. The van der Waals surface area contributed by atoms with Crippen LogP contribution in [0.5, 0.6) is 11.5 Å². The van der Waals surface area contributed by atoms with Crippen LogP contribution in [-0.4, -0.2) is 31.6 Å². The summed E-state index contributed by atoms with van der Waals surface area (Å²) in [6, 6.07) is 15.4. The molecule has 31 heavy (non-hydrogen) atoms. The standard InChI is InChI=1S/C23H18N2O6/c1-28-16-10-9-13(12-18(16)29-2)20-19(21(26)17-8-5-11-30-17)23(31-25-20)14-6-3-4-7-15(14)24-22(23)27/h3-12,19H,1-2H3,(H,24,27). The average Bonchev–Trinajstić information content (AvgIpc) is 3.53. The lowest BCUT2D eigenvalue weighted by Crippen LogP contribution is -2.46. The van der Waals surface area contributed by atoms with Gasteiger partial charge in [0.15, 0.2) is 17.3 Å². The summed E-state index contributed by atoms with van der Waals surface area (Å²) in [6.45, 7) is 0. The highest BCUT2D eigenvalue weighted by atomic mass is 16.7. The molecule has 8 heteroatoms. The van der Waals surface area contributed by atoms with Crippen LogP contribution in [0.2, 0.25) is 0 Å². The van der Waals surface area contributed by atoms with Gasteiger partial charge >= 0.3 is 0 Å². The number of carbonyl (C=O) groups is 2. The van der Waals surface area contributed by atoms with Crippen LogP contribution in [0.15, 0.2) is 70.4 Å². The molecule has 0 saturated carbocycles. The van der Waals surface area contributed by atoms with Crippen LogP contribution in [0.3, 0.4) is 0 Å². The molecule has 0 radical (unpaired) electrons. The van der Waals surface area contributed by atoms with Crippen molar-refractivity contribution in [1.82, 2.24) is 0 Å². The molecule has 1 aromatic heterocycles. The summed E-state index contributed by atoms with van der Waals surface area (Å²) in [7, 11) is 3.05. The summed E-state index contributed by atoms with van der Waals surface area (Å²) in [4.78, 5) is 32.6. The number of fused-ring (bicyclic) bond motifs is 2. The zero-order valence-electron chi connectivity index (χ0n) is 16.7. The molecule has 0 bridgehead atoms. The smallest absolute Gasteiger partial charge is 0.277 e. The minimum absolute atomic E-state index is 0.111. The Morgan fingerprint density at radius 3 is 2.61 bits per heavy atom. The van der Waals surface area contributed by atoms with E-state index in [9.17, 15) is 9.59 Å². The van der Waals surface area contributed by atoms with Crippen molar-refractivity contribution in [1.29, 1.82) is 0 Å². The maximum atomic E-state index is 13.6. The Balaban J connectivity index is 1.68. The highest BCUT2D eigenvalue weighted by Gasteiger charge is 2.63. The number of amides is 1. The number of carbonyl (C=O) groups excluding carboxylic acids is 2. The molecule has 3 aromatic rings. The molecule has 8 nitrogen and oxygen atoms in total. The summed E-state index contributed by atoms with van der Waals surface area (Å²) >= 11 is 0. The van der Waals surface area contributed by atoms with Gasteiger partial charge in [-0.25, -0.2) is 0 Å². The zero-order chi connectivity index (χ0) is 21.6. The fraction of sp³-hybridized carbons (Fsp3) is 0.174. The van der Waals surface area contributed by atoms with E-state index in [2.05, 4.69) is 10.5 Å². The summed E-state index contributed by atoms with van der Waals surface area (Å²) < 4.78 is 16.1. The maximum Gasteiger partial charge on any atom is 0.277 e. The number of hydrogen-bond donors (Lipinski definition) is 1. The van der Waals surface area contributed by atoms with Gasteiger partial charge in [0.05, 0.1) is 20.5 Å². The van der Waals surface area contributed by atoms with Gasteiger partial charge in [-0.2, -0.15) is 0 Å². The molecule has 3 heterocycles. The van der Waals surface area contributed by atoms with E-state index in [0.717, 1.165) is 0 Å². The molecule has 0 aliphatic carbocycles. The van der Waals surface area contributed by atoms with Crippen molar-refractivity contribution in [3.63, 3.8) is 0 Å². The average molecular weight is 418 g/mol. The van der Waals surface area contributed by atoms with E-state index in [1.54, 1.807) is 54.6 Å². The molecule has 0 fully saturated rings. The maximum absolute atomic E-state index is 13.6. The third-order valence-corrected chi connectivity index (χ3v) is 5.59. The van der Waals surface area contributed by atoms with Gasteiger partial charge in [0.2, 0.25) is 5.78 Å². The van der Waals surface area contributed by atoms with Gasteiger partial charge in [-0.1, -0.05) is 23.4 Å². The molecule has 2 aliphatic heterocycles. The van der Waals surface area contributed by atoms with Crippen molar-refractivity contribution < 1.29 is 28.3 Å². The molecule has 2 unspecified atom stereocenters. The van der Waals surface area contributed by atoms with Crippen LogP contribution in [0.25, 0.3) is 0 Å². The molecule has 1 N–H and O–H groups in total. The van der Waals surface area contributed by atoms with E-state index >= 15 is 0 Å². The van der Waals surface area contributed by atoms with Gasteiger partial charge in [0.25, 0.3) is 11.5 Å². The Hall–Kier alpha value is -4.07. The number of anilines is 1. The molecule has 1 spiro atoms. The topological polar surface area (TPSA) is 99.4 Å². The monoisotopic (exact) mass is 418 g/mol. The van der Waals surface area contributed by atoms with Gasteiger partial charge < -0.3 is 24.0 Å². The Kier molecular flexibility index (Phi) is 4.28. The first kappa shape index (κ1) is 18.9. The Bertz CT molecular complexity index is 1220. The van der Waals surface area contributed by atoms with Gasteiger partial charge in [0, 0.05) is 16.8 Å². The first-order chi connectivity index (χ1) is 15.1. The second-order valence-electron chi connectivity index (χ2n) is 7.15. The van der Waals surface area contributed by atoms with Crippen molar-refractivity contribution in [3.8, 4) is 11.5 Å². The minimum Gasteiger partial charge on any atom is -0.493 e. The Labute approximate surface area is 177 Å². The third kappa shape index (κ3) is 2.64. The number of hydrogen-bond acceptors (Lipinski definition) is 7. The number of rotatable bonds is 5. The van der Waals surface area contributed by atoms with E-state index in [1.165, 1.54) is 20.5 Å². The first-order valence-electron chi connectivity index (χ1n) is 9.57. The number of ketones is 1. The van der Waals surface area contributed by atoms with Gasteiger partial charge in [-0.05, 0) is 36.4 Å². The predicted octanol–water partition coefficient (Wildman–Crippen LogP) is 3.38. The number of nitrogens with one attached hydrogen (secondary N) is 1. The molecule has 5 rings (SSSR count). The van der Waals surface area contributed by atoms with Crippen LogP contribution in [0, 0.1) is 5.92 Å². The molecular formula is C23H18N2O6. The van der Waals surface area contributed by atoms with Crippen LogP contribution >= 0.6 is 0 Å². The van der Waals surface area contributed by atoms with E-state index in [0.29, 0.717) is 34.0 Å². The summed E-state index contributed by atoms with van der Waals surface area (Å²) in [5.41, 5.74) is 0.353. The lowest BCUT2D eigenvalue weighted by atomic mass is 9.75. The van der Waals surface area contributed by atoms with Crippen LogP contribution in [0.4, 0.5) is 5.69 Å². The number of nitrogens with zero attached hydrogens (tertiary/aromatic N) is 1. The van der Waals surface area contributed by atoms with Crippen molar-refractivity contribution in [2.75, 3.05) is 19.5 Å². The second-order valence-corrected chi connectivity index (χ2v) is 7.15. The lowest BCUT2D eigenvalue weighted by Gasteiger charge is -2.26. The molecular weight excluding hydrogens is 400 g/mol. The van der Waals surface area contributed by atoms with Crippen molar-refractivity contribution >= 4 is 23.1 Å². The van der Waals surface area contributed by atoms with Crippen molar-refractivity contribution in [2.24, 2.45) is 11.1 Å². The molecule has 2 aromatic carbocycles. The van der Waals surface area contributed by atoms with Crippen LogP contribution in [-0.2, 0) is 15.2 Å². The number of methoxy groups -OCH3 is 2. The number of Topliss-reactive ketones (excluding diaryl/α,β-unsaturated/α-hetero) is 1. The van der Waals surface area contributed by atoms with Crippen LogP contribution < -0.4 is 14.8 Å². The number of furan rings is 1. The fourth-order valence-electron chi connectivity index (χ4n) is 4.13. The Morgan fingerprint density at radius 1 is 1.06 bits per heavy atom. The minimum atomic E-state index is -1.64. The first-order valence-corrected chi connectivity index (χ1v) is 9.57. The molecule has 2 atom stereocenters. The second kappa shape index (κ2) is 7.02. The van der Waals surface area contributed by atoms with Crippen LogP contribution in [0.1, 0.15) is 21.7 Å². The Morgan fingerprint density at radius 2 is 1.87 bits per heavy atom. The highest BCUT2D eigenvalue weighted by Crippen LogP contribution is 2.50. The molecule has 2 aliphatic rings. The zero-order valence-corrected chi connectivity index (χ0v) is 16.7. The van der Waals surface area contributed by atoms with Crippen molar-refractivity contribution in [3.05, 3.63) is 77.7 Å². The summed E-state index contributed by atoms with van der Waals surface area (Å²) in [5, 5.41) is 7.04. The van der Waals surface area contributed by atoms with Gasteiger partial charge in [-0.15, -0.1) is 0 Å². The van der Waals surface area contributed by atoms with Gasteiger partial charge in [0.1, 0.15) is 11.6 Å². The molecule has 1 amide bonds. The number of benzene rings is 2. The fourth-order valence-corrected chi connectivity index (χ4v) is 4.13. The number of ether oxygens (including phenoxy) is 2. The molecule has 0 saturated heterocycles. The predicted molar refractivity (Wildman–Crippen MR) is 110 cm³/mol. The van der Waals surface area contributed by atoms with E-state index in [1.807, 2.05) is 0 Å². The normalized spacial score (nSPS) is 21.3. The van der Waals surface area contributed by atoms with E-state index in [4.69, 9.17) is 18.7 Å². The lowest BCUT2D eigenvalue weighted by molar-refractivity contribution is -0.140. The quantitative estimate of drug-likeness (QED) is 0.638. The SMILES string of the molecule is COc1ccc(C2=NOC3(C(=O)Nc4ccccc43)C2C(=O)c2ccco2)cc1OC. The molecule has 156 valence electrons. The highest BCUT2D eigenvalue weighted by molar-refractivity contribution is 6.24. The number of oxime groups is 1. The summed E-state index contributed by atoms with van der Waals surface area (Å²) in [5.74, 6) is -0.844. The number of para-hydroxylation sites is 1. The van der Waals surface area contributed by atoms with E-state index < -0.39 is 23.2 Å². The van der Waals surface area contributed by atoms with E-state index in [-0.39, 0.29) is 5.76 Å².